The first-order valence-electron chi connectivity index (χ1n) is 10.9. The number of rotatable bonds is 6. The fraction of sp³-hybridized carbons (Fsp3) is 0.417. The topological polar surface area (TPSA) is 102 Å². The van der Waals surface area contributed by atoms with E-state index in [2.05, 4.69) is 46.6 Å². The standard InChI is InChI=1S/C24H30N4O4/c1-5-18-21(25-23(30)20(22(18)29)24(31)32)14-6-7-19-15(10-14)11-17(27(19)4)13-28-9-8-16(12-28)26(2)3/h6-7,10-11,16H,5,8-9,12-13H2,1-4H3,(H,31,32)(H2,25,29,30). The highest BCUT2D eigenvalue weighted by atomic mass is 16.4. The molecular formula is C24H30N4O4. The number of nitrogens with zero attached hydrogens (tertiary/aromatic N) is 3. The van der Waals surface area contributed by atoms with E-state index in [1.165, 1.54) is 12.1 Å². The molecule has 1 unspecified atom stereocenters. The Hall–Kier alpha value is -3.10. The highest BCUT2D eigenvalue weighted by Gasteiger charge is 2.25. The maximum Gasteiger partial charge on any atom is 0.345 e. The van der Waals surface area contributed by atoms with Gasteiger partial charge in [-0.15, -0.1) is 0 Å². The van der Waals surface area contributed by atoms with Crippen LogP contribution >= 0.6 is 0 Å². The van der Waals surface area contributed by atoms with Crippen LogP contribution in [0.15, 0.2) is 29.1 Å². The molecule has 3 N–H and O–H groups in total. The van der Waals surface area contributed by atoms with Gasteiger partial charge >= 0.3 is 5.97 Å². The number of carboxylic acids is 1. The number of nitrogens with one attached hydrogen (secondary N) is 1. The molecule has 170 valence electrons. The number of aryl methyl sites for hydroxylation is 1. The smallest absolute Gasteiger partial charge is 0.345 e. The minimum absolute atomic E-state index is 0.387. The van der Waals surface area contributed by atoms with Crippen LogP contribution < -0.4 is 5.56 Å². The molecule has 0 bridgehead atoms. The molecule has 0 saturated carbocycles. The first-order valence-corrected chi connectivity index (χ1v) is 10.9. The SMILES string of the molecule is CCc1c(-c2ccc3c(c2)cc(CN2CCC(N(C)C)C2)n3C)[nH]c(=O)c(C(=O)O)c1O. The molecule has 1 aliphatic rings. The Labute approximate surface area is 186 Å². The predicted molar refractivity (Wildman–Crippen MR) is 124 cm³/mol. The lowest BCUT2D eigenvalue weighted by Gasteiger charge is -2.20. The summed E-state index contributed by atoms with van der Waals surface area (Å²) in [5.74, 6) is -1.90. The van der Waals surface area contributed by atoms with Gasteiger partial charge in [-0.3, -0.25) is 9.69 Å². The number of carboxylic acid groups (broad SMARTS) is 1. The van der Waals surface area contributed by atoms with Crippen molar-refractivity contribution in [2.75, 3.05) is 27.2 Å². The summed E-state index contributed by atoms with van der Waals surface area (Å²) >= 11 is 0. The zero-order valence-corrected chi connectivity index (χ0v) is 19.0. The monoisotopic (exact) mass is 438 g/mol. The van der Waals surface area contributed by atoms with E-state index in [4.69, 9.17) is 0 Å². The van der Waals surface area contributed by atoms with Gasteiger partial charge in [-0.05, 0) is 50.7 Å². The van der Waals surface area contributed by atoms with Gasteiger partial charge in [0.1, 0.15) is 5.75 Å². The van der Waals surface area contributed by atoms with Crippen LogP contribution in [0.1, 0.15) is 35.0 Å². The first kappa shape index (κ1) is 22.1. The van der Waals surface area contributed by atoms with Crippen LogP contribution in [0.3, 0.4) is 0 Å². The molecule has 0 amide bonds. The summed E-state index contributed by atoms with van der Waals surface area (Å²) in [6, 6.07) is 8.63. The zero-order chi connectivity index (χ0) is 23.2. The van der Waals surface area contributed by atoms with E-state index in [0.717, 1.165) is 36.1 Å². The molecule has 32 heavy (non-hydrogen) atoms. The molecule has 0 spiro atoms. The fourth-order valence-electron chi connectivity index (χ4n) is 4.74. The van der Waals surface area contributed by atoms with Gasteiger partial charge in [-0.1, -0.05) is 13.0 Å². The van der Waals surface area contributed by atoms with Gasteiger partial charge in [0, 0.05) is 54.9 Å². The van der Waals surface area contributed by atoms with Crippen LogP contribution in [-0.2, 0) is 20.0 Å². The highest BCUT2D eigenvalue weighted by Crippen LogP contribution is 2.32. The van der Waals surface area contributed by atoms with Crippen molar-refractivity contribution >= 4 is 16.9 Å². The van der Waals surface area contributed by atoms with Gasteiger partial charge in [0.2, 0.25) is 0 Å². The third-order valence-corrected chi connectivity index (χ3v) is 6.65. The number of aromatic nitrogens is 2. The van der Waals surface area contributed by atoms with Crippen molar-refractivity contribution in [3.05, 3.63) is 51.4 Å². The van der Waals surface area contributed by atoms with Crippen molar-refractivity contribution in [2.45, 2.75) is 32.4 Å². The highest BCUT2D eigenvalue weighted by molar-refractivity contribution is 5.92. The molecule has 1 aromatic carbocycles. The largest absolute Gasteiger partial charge is 0.506 e. The van der Waals surface area contributed by atoms with E-state index in [1.807, 2.05) is 25.1 Å². The van der Waals surface area contributed by atoms with E-state index in [9.17, 15) is 19.8 Å². The minimum atomic E-state index is -1.44. The molecule has 1 saturated heterocycles. The zero-order valence-electron chi connectivity index (χ0n) is 19.0. The van der Waals surface area contributed by atoms with Crippen molar-refractivity contribution in [1.82, 2.24) is 19.4 Å². The van der Waals surface area contributed by atoms with Crippen molar-refractivity contribution in [2.24, 2.45) is 7.05 Å². The Kier molecular flexibility index (Phi) is 5.83. The average molecular weight is 439 g/mol. The third kappa shape index (κ3) is 3.80. The van der Waals surface area contributed by atoms with Crippen molar-refractivity contribution in [3.8, 4) is 17.0 Å². The van der Waals surface area contributed by atoms with E-state index < -0.39 is 22.8 Å². The number of H-pyrrole nitrogens is 1. The lowest BCUT2D eigenvalue weighted by atomic mass is 9.99. The second-order valence-electron chi connectivity index (χ2n) is 8.80. The molecule has 3 aromatic rings. The molecular weight excluding hydrogens is 408 g/mol. The van der Waals surface area contributed by atoms with Crippen LogP contribution in [-0.4, -0.2) is 68.8 Å². The van der Waals surface area contributed by atoms with Gasteiger partial charge in [0.15, 0.2) is 5.56 Å². The summed E-state index contributed by atoms with van der Waals surface area (Å²) in [4.78, 5) is 31.1. The summed E-state index contributed by atoms with van der Waals surface area (Å²) < 4.78 is 2.19. The molecule has 0 aliphatic carbocycles. The molecule has 2 aromatic heterocycles. The molecule has 1 fully saturated rings. The number of carbonyl (C=O) groups is 1. The number of aromatic carboxylic acids is 1. The van der Waals surface area contributed by atoms with E-state index >= 15 is 0 Å². The second kappa shape index (κ2) is 8.44. The number of likely N-dealkylation sites (tertiary alicyclic amines) is 1. The number of pyridine rings is 1. The third-order valence-electron chi connectivity index (χ3n) is 6.65. The molecule has 8 nitrogen and oxygen atoms in total. The summed E-state index contributed by atoms with van der Waals surface area (Å²) in [6.07, 6.45) is 1.56. The molecule has 0 radical (unpaired) electrons. The summed E-state index contributed by atoms with van der Waals surface area (Å²) in [7, 11) is 6.31. The van der Waals surface area contributed by atoms with Crippen molar-refractivity contribution in [1.29, 1.82) is 0 Å². The second-order valence-corrected chi connectivity index (χ2v) is 8.80. The number of aromatic amines is 1. The van der Waals surface area contributed by atoms with Crippen molar-refractivity contribution < 1.29 is 15.0 Å². The number of likely N-dealkylation sites (N-methyl/N-ethyl adjacent to an activating group) is 1. The number of hydrogen-bond donors (Lipinski definition) is 3. The van der Waals surface area contributed by atoms with Gasteiger partial charge < -0.3 is 24.7 Å². The summed E-state index contributed by atoms with van der Waals surface area (Å²) in [6.45, 7) is 4.82. The Morgan fingerprint density at radius 3 is 2.66 bits per heavy atom. The van der Waals surface area contributed by atoms with E-state index in [0.29, 0.717) is 23.7 Å². The molecule has 4 rings (SSSR count). The molecule has 1 aliphatic heterocycles. The fourth-order valence-corrected chi connectivity index (χ4v) is 4.74. The van der Waals surface area contributed by atoms with Gasteiger partial charge in [-0.2, -0.15) is 0 Å². The van der Waals surface area contributed by atoms with E-state index in [1.54, 1.807) is 0 Å². The predicted octanol–water partition coefficient (Wildman–Crippen LogP) is 2.64. The van der Waals surface area contributed by atoms with Gasteiger partial charge in [0.25, 0.3) is 5.56 Å². The number of benzene rings is 1. The summed E-state index contributed by atoms with van der Waals surface area (Å²) in [5.41, 5.74) is 2.49. The van der Waals surface area contributed by atoms with Gasteiger partial charge in [-0.25, -0.2) is 4.79 Å². The van der Waals surface area contributed by atoms with E-state index in [-0.39, 0.29) is 0 Å². The Bertz CT molecular complexity index is 1240. The molecule has 3 heterocycles. The van der Waals surface area contributed by atoms with Crippen LogP contribution in [0, 0.1) is 0 Å². The Morgan fingerprint density at radius 1 is 1.28 bits per heavy atom. The maximum absolute atomic E-state index is 12.3. The van der Waals surface area contributed by atoms with Crippen molar-refractivity contribution in [3.63, 3.8) is 0 Å². The maximum atomic E-state index is 12.3. The summed E-state index contributed by atoms with van der Waals surface area (Å²) in [5, 5.41) is 20.8. The quantitative estimate of drug-likeness (QED) is 0.547. The Morgan fingerprint density at radius 2 is 2.03 bits per heavy atom. The number of fused-ring (bicyclic) bond motifs is 1. The minimum Gasteiger partial charge on any atom is -0.506 e. The van der Waals surface area contributed by atoms with Crippen LogP contribution in [0.4, 0.5) is 0 Å². The number of hydrogen-bond acceptors (Lipinski definition) is 5. The van der Waals surface area contributed by atoms with Crippen LogP contribution in [0.25, 0.3) is 22.2 Å². The molecule has 1 atom stereocenters. The number of aromatic hydroxyl groups is 1. The van der Waals surface area contributed by atoms with Crippen LogP contribution in [0.5, 0.6) is 5.75 Å². The normalized spacial score (nSPS) is 17.0. The van der Waals surface area contributed by atoms with Crippen LogP contribution in [0.2, 0.25) is 0 Å². The molecule has 8 heteroatoms. The Balaban J connectivity index is 1.71. The first-order chi connectivity index (χ1) is 15.2. The van der Waals surface area contributed by atoms with Gasteiger partial charge in [0.05, 0.1) is 5.69 Å². The lowest BCUT2D eigenvalue weighted by molar-refractivity contribution is 0.0691. The lowest BCUT2D eigenvalue weighted by Crippen LogP contribution is -2.31. The average Bonchev–Trinajstić information content (AvgIpc) is 3.32.